The van der Waals surface area contributed by atoms with Crippen molar-refractivity contribution in [3.63, 3.8) is 0 Å². The molecule has 0 radical (unpaired) electrons. The van der Waals surface area contributed by atoms with Crippen molar-refractivity contribution in [3.05, 3.63) is 55.9 Å². The minimum Gasteiger partial charge on any atom is -0.494 e. The van der Waals surface area contributed by atoms with Gasteiger partial charge in [0.25, 0.3) is 17.4 Å². The summed E-state index contributed by atoms with van der Waals surface area (Å²) in [6, 6.07) is 3.54. The fourth-order valence-electron chi connectivity index (χ4n) is 3.18. The lowest BCUT2D eigenvalue weighted by Gasteiger charge is -2.26. The lowest BCUT2D eigenvalue weighted by Crippen LogP contribution is -2.44. The number of carbonyl (C=O) groups excluding carboxylic acids is 2. The Bertz CT molecular complexity index is 1170. The summed E-state index contributed by atoms with van der Waals surface area (Å²) in [5.74, 6) is -1.94. The highest BCUT2D eigenvalue weighted by Crippen LogP contribution is 2.26. The minimum atomic E-state index is -0.789. The molecule has 0 aliphatic carbocycles. The molecule has 0 fully saturated rings. The normalized spacial score (nSPS) is 15.7. The third-order valence-corrected chi connectivity index (χ3v) is 4.84. The van der Waals surface area contributed by atoms with Crippen LogP contribution in [0.15, 0.2) is 33.7 Å². The van der Waals surface area contributed by atoms with E-state index in [1.807, 2.05) is 0 Å². The number of nitrogens with zero attached hydrogens (tertiary/aromatic N) is 4. The van der Waals surface area contributed by atoms with E-state index in [1.165, 1.54) is 32.1 Å². The second-order valence-corrected chi connectivity index (χ2v) is 6.57. The molecule has 2 heterocycles. The third-order valence-electron chi connectivity index (χ3n) is 4.84. The van der Waals surface area contributed by atoms with Crippen LogP contribution in [0.4, 0.5) is 0 Å². The molecule has 31 heavy (non-hydrogen) atoms. The smallest absolute Gasteiger partial charge is 0.271 e. The topological polar surface area (TPSA) is 168 Å². The number of aliphatic hydroxyl groups excluding tert-OH is 2. The van der Waals surface area contributed by atoms with E-state index in [1.54, 1.807) is 12.1 Å². The number of aromatic hydroxyl groups is 1. The van der Waals surface area contributed by atoms with E-state index < -0.39 is 36.5 Å². The van der Waals surface area contributed by atoms with E-state index in [2.05, 4.69) is 0 Å². The molecule has 1 aromatic heterocycles. The number of rotatable bonds is 6. The van der Waals surface area contributed by atoms with Gasteiger partial charge in [-0.05, 0) is 37.1 Å². The van der Waals surface area contributed by atoms with Crippen molar-refractivity contribution >= 4 is 17.9 Å². The SMILES string of the molecule is CC1=C(C#N)C(=O)N(CCO)C(=O)C1=CC=Cc1c(C)c(C#N)c(=O)n(CCO)c1O. The number of hydrogen-bond donors (Lipinski definition) is 3. The molecule has 0 saturated carbocycles. The van der Waals surface area contributed by atoms with Gasteiger partial charge in [0.15, 0.2) is 0 Å². The van der Waals surface area contributed by atoms with E-state index in [-0.39, 0.29) is 46.5 Å². The van der Waals surface area contributed by atoms with Crippen LogP contribution in [0.5, 0.6) is 5.88 Å². The van der Waals surface area contributed by atoms with Crippen molar-refractivity contribution in [1.29, 1.82) is 10.5 Å². The standard InChI is InChI=1S/C21H20N4O6/c1-12-14(18(28)24(6-8-26)20(30)16(12)10-22)4-3-5-15-13(2)17(11-23)21(31)25(7-9-27)19(15)29/h3-5,26-28H,6-9H2,1-2H3. The van der Waals surface area contributed by atoms with Gasteiger partial charge in [0.05, 0.1) is 26.3 Å². The molecule has 160 valence electrons. The van der Waals surface area contributed by atoms with E-state index >= 15 is 0 Å². The summed E-state index contributed by atoms with van der Waals surface area (Å²) in [6.07, 6.45) is 4.07. The number of carbonyl (C=O) groups is 2. The molecule has 1 aliphatic rings. The maximum atomic E-state index is 12.6. The number of β-amino-alcohol motifs (C(OH)–C–C–N with tert-alkyl or cyclic N) is 1. The first-order valence-electron chi connectivity index (χ1n) is 9.19. The molecule has 0 saturated heterocycles. The molecule has 1 aliphatic heterocycles. The number of hydrogen-bond acceptors (Lipinski definition) is 8. The van der Waals surface area contributed by atoms with Crippen molar-refractivity contribution in [2.24, 2.45) is 0 Å². The molecule has 0 atom stereocenters. The zero-order valence-electron chi connectivity index (χ0n) is 16.9. The highest BCUT2D eigenvalue weighted by molar-refractivity contribution is 6.18. The molecule has 2 amide bonds. The molecular weight excluding hydrogens is 404 g/mol. The lowest BCUT2D eigenvalue weighted by molar-refractivity contribution is -0.141. The van der Waals surface area contributed by atoms with Gasteiger partial charge in [0, 0.05) is 11.1 Å². The number of aliphatic hydroxyl groups is 2. The van der Waals surface area contributed by atoms with E-state index in [0.717, 1.165) is 9.47 Å². The fourth-order valence-corrected chi connectivity index (χ4v) is 3.18. The van der Waals surface area contributed by atoms with Crippen LogP contribution in [0.2, 0.25) is 0 Å². The minimum absolute atomic E-state index is 0.0437. The van der Waals surface area contributed by atoms with Crippen LogP contribution in [0.1, 0.15) is 23.6 Å². The van der Waals surface area contributed by atoms with Gasteiger partial charge < -0.3 is 15.3 Å². The first-order valence-corrected chi connectivity index (χ1v) is 9.19. The summed E-state index contributed by atoms with van der Waals surface area (Å²) in [7, 11) is 0. The van der Waals surface area contributed by atoms with Gasteiger partial charge in [-0.1, -0.05) is 6.08 Å². The highest BCUT2D eigenvalue weighted by atomic mass is 16.3. The number of imide groups is 1. The molecule has 0 bridgehead atoms. The van der Waals surface area contributed by atoms with Gasteiger partial charge in [-0.25, -0.2) is 0 Å². The van der Waals surface area contributed by atoms with Crippen LogP contribution in [-0.2, 0) is 16.1 Å². The van der Waals surface area contributed by atoms with Gasteiger partial charge >= 0.3 is 0 Å². The molecular formula is C21H20N4O6. The van der Waals surface area contributed by atoms with Crippen molar-refractivity contribution < 1.29 is 24.9 Å². The predicted molar refractivity (Wildman–Crippen MR) is 108 cm³/mol. The molecule has 1 aromatic rings. The summed E-state index contributed by atoms with van der Waals surface area (Å²) in [6.45, 7) is 1.54. The van der Waals surface area contributed by atoms with Gasteiger partial charge in [-0.2, -0.15) is 10.5 Å². The zero-order chi connectivity index (χ0) is 23.3. The molecule has 10 heteroatoms. The Morgan fingerprint density at radius 2 is 1.65 bits per heavy atom. The molecule has 3 N–H and O–H groups in total. The lowest BCUT2D eigenvalue weighted by atomic mass is 9.95. The van der Waals surface area contributed by atoms with Crippen LogP contribution >= 0.6 is 0 Å². The molecule has 10 nitrogen and oxygen atoms in total. The van der Waals surface area contributed by atoms with Crippen LogP contribution in [0.3, 0.4) is 0 Å². The summed E-state index contributed by atoms with van der Waals surface area (Å²) in [5.41, 5.74) is -0.603. The quantitative estimate of drug-likeness (QED) is 0.419. The molecule has 0 spiro atoms. The average Bonchev–Trinajstić information content (AvgIpc) is 2.74. The van der Waals surface area contributed by atoms with Crippen LogP contribution in [-0.4, -0.2) is 56.4 Å². The van der Waals surface area contributed by atoms with E-state index in [0.29, 0.717) is 0 Å². The van der Waals surface area contributed by atoms with Crippen molar-refractivity contribution in [3.8, 4) is 18.0 Å². The monoisotopic (exact) mass is 424 g/mol. The van der Waals surface area contributed by atoms with Crippen LogP contribution < -0.4 is 5.56 Å². The second-order valence-electron chi connectivity index (χ2n) is 6.57. The fraction of sp³-hybridized carbons (Fsp3) is 0.286. The Balaban J connectivity index is 2.62. The molecule has 0 unspecified atom stereocenters. The average molecular weight is 424 g/mol. The predicted octanol–water partition coefficient (Wildman–Crippen LogP) is -0.133. The number of nitriles is 2. The van der Waals surface area contributed by atoms with Crippen molar-refractivity contribution in [1.82, 2.24) is 9.47 Å². The summed E-state index contributed by atoms with van der Waals surface area (Å²) >= 11 is 0. The Morgan fingerprint density at radius 3 is 2.19 bits per heavy atom. The van der Waals surface area contributed by atoms with Gasteiger partial charge in [0.1, 0.15) is 23.3 Å². The van der Waals surface area contributed by atoms with E-state index in [4.69, 9.17) is 10.2 Å². The Hall–Kier alpha value is -3.99. The van der Waals surface area contributed by atoms with Crippen LogP contribution in [0.25, 0.3) is 6.08 Å². The van der Waals surface area contributed by atoms with Gasteiger partial charge in [-0.15, -0.1) is 0 Å². The number of amides is 2. The summed E-state index contributed by atoms with van der Waals surface area (Å²) < 4.78 is 0.866. The second kappa shape index (κ2) is 9.67. The van der Waals surface area contributed by atoms with Gasteiger partial charge in [0.2, 0.25) is 5.88 Å². The number of aromatic nitrogens is 1. The van der Waals surface area contributed by atoms with Crippen molar-refractivity contribution in [2.45, 2.75) is 20.4 Å². The maximum absolute atomic E-state index is 12.6. The largest absolute Gasteiger partial charge is 0.494 e. The molecule has 0 aromatic carbocycles. The zero-order valence-corrected chi connectivity index (χ0v) is 16.9. The Kier molecular flexibility index (Phi) is 7.27. The van der Waals surface area contributed by atoms with Crippen LogP contribution in [0, 0.1) is 29.6 Å². The third kappa shape index (κ3) is 4.16. The summed E-state index contributed by atoms with van der Waals surface area (Å²) in [4.78, 5) is 37.9. The maximum Gasteiger partial charge on any atom is 0.271 e. The first kappa shape index (κ1) is 23.3. The Morgan fingerprint density at radius 1 is 1.00 bits per heavy atom. The highest BCUT2D eigenvalue weighted by Gasteiger charge is 2.34. The summed E-state index contributed by atoms with van der Waals surface area (Å²) in [5, 5.41) is 47.2. The molecule has 2 rings (SSSR count). The van der Waals surface area contributed by atoms with Crippen molar-refractivity contribution in [2.75, 3.05) is 19.8 Å². The number of pyridine rings is 1. The Labute approximate surface area is 177 Å². The van der Waals surface area contributed by atoms with Gasteiger partial charge in [-0.3, -0.25) is 23.9 Å². The number of allylic oxidation sites excluding steroid dienone is 2. The first-order chi connectivity index (χ1) is 14.7. The van der Waals surface area contributed by atoms with E-state index in [9.17, 15) is 30.0 Å².